The van der Waals surface area contributed by atoms with Crippen molar-refractivity contribution in [3.8, 4) is 5.69 Å². The van der Waals surface area contributed by atoms with Crippen LogP contribution in [-0.4, -0.2) is 8.97 Å². The molecule has 2 aromatic heterocycles. The normalized spacial score (nSPS) is 11.8. The van der Waals surface area contributed by atoms with Gasteiger partial charge in [0.05, 0.1) is 11.2 Å². The van der Waals surface area contributed by atoms with Crippen LogP contribution in [0, 0.1) is 48.5 Å². The highest BCUT2D eigenvalue weighted by molar-refractivity contribution is 5.90. The first-order valence-corrected chi connectivity index (χ1v) is 8.98. The summed E-state index contributed by atoms with van der Waals surface area (Å²) in [6.45, 7) is 15.5. The molecule has 0 amide bonds. The van der Waals surface area contributed by atoms with Gasteiger partial charge in [-0.1, -0.05) is 29.3 Å². The van der Waals surface area contributed by atoms with Gasteiger partial charge in [0.2, 0.25) is 0 Å². The molecule has 0 unspecified atom stereocenters. The Morgan fingerprint density at radius 3 is 1.80 bits per heavy atom. The van der Waals surface area contributed by atoms with Crippen molar-refractivity contribution in [3.05, 3.63) is 69.5 Å². The Balaban J connectivity index is 2.20. The maximum Gasteiger partial charge on any atom is 0.123 e. The van der Waals surface area contributed by atoms with Crippen LogP contribution in [0.4, 0.5) is 0 Å². The molecule has 25 heavy (non-hydrogen) atoms. The third-order valence-electron chi connectivity index (χ3n) is 5.49. The van der Waals surface area contributed by atoms with Crippen molar-refractivity contribution in [2.75, 3.05) is 0 Å². The van der Waals surface area contributed by atoms with Crippen LogP contribution in [0.5, 0.6) is 0 Å². The van der Waals surface area contributed by atoms with Crippen molar-refractivity contribution < 1.29 is 0 Å². The summed E-state index contributed by atoms with van der Waals surface area (Å²) in [5.41, 5.74) is 13.2. The molecular weight excluding hydrogens is 304 g/mol. The van der Waals surface area contributed by atoms with E-state index in [1.165, 1.54) is 61.4 Å². The predicted octanol–water partition coefficient (Wildman–Crippen LogP) is 6.04. The number of fused-ring (bicyclic) bond motifs is 3. The lowest BCUT2D eigenvalue weighted by Crippen LogP contribution is -2.02. The lowest BCUT2D eigenvalue weighted by Gasteiger charge is -2.15. The fourth-order valence-electron chi connectivity index (χ4n) is 4.53. The van der Waals surface area contributed by atoms with E-state index in [4.69, 9.17) is 0 Å². The molecule has 0 saturated carbocycles. The smallest absolute Gasteiger partial charge is 0.123 e. The molecule has 0 bridgehead atoms. The molecule has 0 spiro atoms. The van der Waals surface area contributed by atoms with Gasteiger partial charge in [0, 0.05) is 16.8 Å². The third kappa shape index (κ3) is 2.17. The minimum atomic E-state index is 1.26. The number of rotatable bonds is 1. The van der Waals surface area contributed by atoms with Gasteiger partial charge in [-0.2, -0.15) is 0 Å². The number of nitrogens with zero attached hydrogens (tertiary/aromatic N) is 2. The molecule has 0 aliphatic rings. The Morgan fingerprint density at radius 2 is 1.16 bits per heavy atom. The van der Waals surface area contributed by atoms with E-state index in [0.29, 0.717) is 0 Å². The molecule has 2 heterocycles. The van der Waals surface area contributed by atoms with Crippen molar-refractivity contribution in [3.63, 3.8) is 0 Å². The van der Waals surface area contributed by atoms with Gasteiger partial charge in [0.25, 0.3) is 0 Å². The fraction of sp³-hybridized carbons (Fsp3) is 0.304. The summed E-state index contributed by atoms with van der Waals surface area (Å²) in [6.07, 6.45) is 0. The minimum Gasteiger partial charge on any atom is -0.298 e. The highest BCUT2D eigenvalue weighted by atomic mass is 15.1. The maximum atomic E-state index is 2.44. The maximum absolute atomic E-state index is 2.44. The number of hydrogen-bond acceptors (Lipinski definition) is 0. The molecular formula is C23H26N2. The third-order valence-corrected chi connectivity index (χ3v) is 5.49. The number of aryl methyl sites for hydroxylation is 6. The summed E-state index contributed by atoms with van der Waals surface area (Å²) >= 11 is 0. The van der Waals surface area contributed by atoms with Gasteiger partial charge in [-0.05, 0) is 77.3 Å². The van der Waals surface area contributed by atoms with E-state index >= 15 is 0 Å². The molecule has 4 rings (SSSR count). The molecule has 2 aromatic carbocycles. The highest BCUT2D eigenvalue weighted by Gasteiger charge is 2.19. The van der Waals surface area contributed by atoms with Gasteiger partial charge in [0.15, 0.2) is 0 Å². The van der Waals surface area contributed by atoms with Gasteiger partial charge in [0.1, 0.15) is 5.65 Å². The molecule has 2 nitrogen and oxygen atoms in total. The van der Waals surface area contributed by atoms with Crippen LogP contribution in [0.15, 0.2) is 30.3 Å². The van der Waals surface area contributed by atoms with Gasteiger partial charge >= 0.3 is 0 Å². The average Bonchev–Trinajstić information content (AvgIpc) is 2.97. The number of hydrogen-bond donors (Lipinski definition) is 0. The quantitative estimate of drug-likeness (QED) is 0.402. The Labute approximate surface area is 149 Å². The minimum absolute atomic E-state index is 1.26. The molecule has 0 fully saturated rings. The van der Waals surface area contributed by atoms with Crippen molar-refractivity contribution >= 4 is 16.6 Å². The van der Waals surface area contributed by atoms with Crippen LogP contribution in [0.3, 0.4) is 0 Å². The summed E-state index contributed by atoms with van der Waals surface area (Å²) in [7, 11) is 0. The Bertz CT molecular complexity index is 1130. The van der Waals surface area contributed by atoms with E-state index in [1.54, 1.807) is 0 Å². The van der Waals surface area contributed by atoms with Crippen LogP contribution in [0.1, 0.15) is 39.2 Å². The zero-order chi connectivity index (χ0) is 18.0. The largest absolute Gasteiger partial charge is 0.298 e. The SMILES string of the molecule is Cc1cc(C)c(-n2c(C)c(C)n3c4c(C)cc(C)cc4cc23)c(C)c1. The highest BCUT2D eigenvalue weighted by Crippen LogP contribution is 2.33. The second-order valence-electron chi connectivity index (χ2n) is 7.61. The molecule has 0 atom stereocenters. The van der Waals surface area contributed by atoms with Crippen LogP contribution in [0.25, 0.3) is 22.2 Å². The zero-order valence-corrected chi connectivity index (χ0v) is 16.3. The summed E-state index contributed by atoms with van der Waals surface area (Å²) < 4.78 is 4.87. The first kappa shape index (κ1) is 16.0. The van der Waals surface area contributed by atoms with E-state index in [-0.39, 0.29) is 0 Å². The molecule has 0 aliphatic carbocycles. The van der Waals surface area contributed by atoms with Crippen molar-refractivity contribution in [1.29, 1.82) is 0 Å². The molecule has 2 heteroatoms. The molecule has 0 saturated heterocycles. The zero-order valence-electron chi connectivity index (χ0n) is 16.3. The summed E-state index contributed by atoms with van der Waals surface area (Å²) in [5, 5.41) is 1.33. The van der Waals surface area contributed by atoms with Crippen LogP contribution < -0.4 is 0 Å². The van der Waals surface area contributed by atoms with E-state index < -0.39 is 0 Å². The standard InChI is InChI=1S/C23H26N2/c1-13-8-15(3)22(16(4)9-13)24-18(6)19(7)25-21(24)12-20-11-14(2)10-17(5)23(20)25/h8-12H,1-7H3. The monoisotopic (exact) mass is 330 g/mol. The second kappa shape index (κ2) is 5.26. The first-order valence-electron chi connectivity index (χ1n) is 8.98. The van der Waals surface area contributed by atoms with E-state index in [1.807, 2.05) is 0 Å². The molecule has 128 valence electrons. The Morgan fingerprint density at radius 1 is 0.600 bits per heavy atom. The average molecular weight is 330 g/mol. The first-order chi connectivity index (χ1) is 11.8. The Hall–Kier alpha value is -2.48. The molecule has 0 N–H and O–H groups in total. The second-order valence-corrected chi connectivity index (χ2v) is 7.61. The number of imidazole rings is 1. The molecule has 0 aliphatic heterocycles. The number of benzene rings is 2. The topological polar surface area (TPSA) is 9.34 Å². The van der Waals surface area contributed by atoms with E-state index in [0.717, 1.165) is 0 Å². The summed E-state index contributed by atoms with van der Waals surface area (Å²) in [4.78, 5) is 0. The van der Waals surface area contributed by atoms with Crippen molar-refractivity contribution in [2.45, 2.75) is 48.5 Å². The van der Waals surface area contributed by atoms with Crippen molar-refractivity contribution in [1.82, 2.24) is 8.97 Å². The summed E-state index contributed by atoms with van der Waals surface area (Å²) in [6, 6.07) is 11.5. The van der Waals surface area contributed by atoms with Crippen molar-refractivity contribution in [2.24, 2.45) is 0 Å². The van der Waals surface area contributed by atoms with Crippen LogP contribution >= 0.6 is 0 Å². The van der Waals surface area contributed by atoms with Gasteiger partial charge in [-0.15, -0.1) is 0 Å². The fourth-order valence-corrected chi connectivity index (χ4v) is 4.53. The van der Waals surface area contributed by atoms with E-state index in [9.17, 15) is 0 Å². The number of aromatic nitrogens is 2. The summed E-state index contributed by atoms with van der Waals surface area (Å²) in [5.74, 6) is 0. The van der Waals surface area contributed by atoms with Gasteiger partial charge in [-0.3, -0.25) is 8.97 Å². The lowest BCUT2D eigenvalue weighted by molar-refractivity contribution is 1.01. The molecule has 4 aromatic rings. The predicted molar refractivity (Wildman–Crippen MR) is 107 cm³/mol. The lowest BCUT2D eigenvalue weighted by atomic mass is 10.0. The van der Waals surface area contributed by atoms with E-state index in [2.05, 4.69) is 87.8 Å². The van der Waals surface area contributed by atoms with Gasteiger partial charge in [-0.25, -0.2) is 0 Å². The van der Waals surface area contributed by atoms with Crippen LogP contribution in [-0.2, 0) is 0 Å². The van der Waals surface area contributed by atoms with Crippen LogP contribution in [0.2, 0.25) is 0 Å². The molecule has 0 radical (unpaired) electrons. The Kier molecular flexibility index (Phi) is 3.37. The van der Waals surface area contributed by atoms with Gasteiger partial charge < -0.3 is 0 Å².